The van der Waals surface area contributed by atoms with E-state index < -0.39 is 0 Å². The molecule has 0 spiro atoms. The van der Waals surface area contributed by atoms with Crippen LogP contribution < -0.4 is 0 Å². The van der Waals surface area contributed by atoms with Crippen molar-refractivity contribution in [2.45, 2.75) is 0 Å². The fourth-order valence-corrected chi connectivity index (χ4v) is 8.53. The van der Waals surface area contributed by atoms with E-state index in [1.807, 2.05) is 30.3 Å². The van der Waals surface area contributed by atoms with E-state index in [-0.39, 0.29) is 0 Å². The molecular formula is C49H29N5O. The lowest BCUT2D eigenvalue weighted by molar-refractivity contribution is 0.669. The predicted octanol–water partition coefficient (Wildman–Crippen LogP) is 12.5. The summed E-state index contributed by atoms with van der Waals surface area (Å²) < 4.78 is 11.4. The Labute approximate surface area is 314 Å². The molecule has 0 saturated carbocycles. The molecule has 12 rings (SSSR count). The van der Waals surface area contributed by atoms with Crippen molar-refractivity contribution in [2.24, 2.45) is 0 Å². The molecule has 4 heterocycles. The Morgan fingerprint density at radius 2 is 0.945 bits per heavy atom. The summed E-state index contributed by atoms with van der Waals surface area (Å²) in [5.74, 6) is 1.64. The number of para-hydroxylation sites is 4. The topological polar surface area (TPSA) is 61.7 Å². The van der Waals surface area contributed by atoms with Gasteiger partial charge in [-0.2, -0.15) is 9.97 Å². The second-order valence-electron chi connectivity index (χ2n) is 14.0. The van der Waals surface area contributed by atoms with E-state index in [1.165, 1.54) is 21.5 Å². The monoisotopic (exact) mass is 703 g/mol. The molecular weight excluding hydrogens is 675 g/mol. The van der Waals surface area contributed by atoms with Crippen LogP contribution in [-0.2, 0) is 0 Å². The minimum absolute atomic E-state index is 0.525. The fraction of sp³-hybridized carbons (Fsp3) is 0. The van der Waals surface area contributed by atoms with Gasteiger partial charge in [0.05, 0.1) is 33.3 Å². The summed E-state index contributed by atoms with van der Waals surface area (Å²) in [5, 5.41) is 9.04. The number of aromatic nitrogens is 5. The molecule has 55 heavy (non-hydrogen) atoms. The zero-order chi connectivity index (χ0) is 36.0. The third-order valence-electron chi connectivity index (χ3n) is 11.0. The first kappa shape index (κ1) is 29.9. The van der Waals surface area contributed by atoms with Crippen LogP contribution in [0.1, 0.15) is 0 Å². The molecule has 0 aliphatic carbocycles. The van der Waals surface area contributed by atoms with Gasteiger partial charge in [-0.05, 0) is 59.3 Å². The Hall–Kier alpha value is -7.57. The lowest BCUT2D eigenvalue weighted by Gasteiger charge is -2.16. The van der Waals surface area contributed by atoms with Crippen molar-refractivity contribution in [3.05, 3.63) is 176 Å². The Balaban J connectivity index is 1.25. The van der Waals surface area contributed by atoms with E-state index in [0.717, 1.165) is 71.6 Å². The van der Waals surface area contributed by atoms with E-state index in [2.05, 4.69) is 155 Å². The molecule has 0 bridgehead atoms. The largest absolute Gasteiger partial charge is 0.455 e. The van der Waals surface area contributed by atoms with Crippen molar-refractivity contribution >= 4 is 76.3 Å². The van der Waals surface area contributed by atoms with Gasteiger partial charge in [0.15, 0.2) is 11.6 Å². The molecule has 0 atom stereocenters. The van der Waals surface area contributed by atoms with Gasteiger partial charge in [0.1, 0.15) is 11.2 Å². The summed E-state index contributed by atoms with van der Waals surface area (Å²) in [6.07, 6.45) is 0. The summed E-state index contributed by atoms with van der Waals surface area (Å²) in [5.41, 5.74) is 8.38. The molecule has 0 unspecified atom stereocenters. The van der Waals surface area contributed by atoms with Crippen molar-refractivity contribution in [1.82, 2.24) is 24.1 Å². The zero-order valence-electron chi connectivity index (χ0n) is 29.4. The molecule has 0 saturated heterocycles. The van der Waals surface area contributed by atoms with Crippen molar-refractivity contribution < 1.29 is 4.42 Å². The van der Waals surface area contributed by atoms with Crippen LogP contribution in [0, 0.1) is 0 Å². The summed E-state index contributed by atoms with van der Waals surface area (Å²) in [7, 11) is 0. The average Bonchev–Trinajstić information content (AvgIpc) is 3.90. The van der Waals surface area contributed by atoms with Crippen LogP contribution in [0.25, 0.3) is 111 Å². The normalized spacial score (nSPS) is 12.0. The molecule has 256 valence electrons. The highest BCUT2D eigenvalue weighted by Gasteiger charge is 2.25. The summed E-state index contributed by atoms with van der Waals surface area (Å²) in [6, 6.07) is 61.4. The van der Waals surface area contributed by atoms with Crippen molar-refractivity contribution in [2.75, 3.05) is 0 Å². The number of hydrogen-bond donors (Lipinski definition) is 0. The van der Waals surface area contributed by atoms with E-state index in [0.29, 0.717) is 17.6 Å². The Bertz CT molecular complexity index is 3450. The molecule has 6 heteroatoms. The van der Waals surface area contributed by atoms with Crippen molar-refractivity contribution in [3.8, 4) is 34.4 Å². The van der Waals surface area contributed by atoms with E-state index in [1.54, 1.807) is 0 Å². The number of nitrogens with zero attached hydrogens (tertiary/aromatic N) is 5. The maximum atomic E-state index is 6.87. The van der Waals surface area contributed by atoms with Crippen LogP contribution in [-0.4, -0.2) is 24.1 Å². The third-order valence-corrected chi connectivity index (χ3v) is 11.0. The number of hydrogen-bond acceptors (Lipinski definition) is 4. The first-order valence-corrected chi connectivity index (χ1v) is 18.5. The van der Waals surface area contributed by atoms with E-state index >= 15 is 0 Å². The van der Waals surface area contributed by atoms with Crippen LogP contribution in [0.3, 0.4) is 0 Å². The second kappa shape index (κ2) is 11.5. The molecule has 0 radical (unpaired) electrons. The smallest absolute Gasteiger partial charge is 0.238 e. The van der Waals surface area contributed by atoms with Crippen molar-refractivity contribution in [3.63, 3.8) is 0 Å². The third kappa shape index (κ3) is 4.39. The van der Waals surface area contributed by atoms with Crippen LogP contribution in [0.2, 0.25) is 0 Å². The summed E-state index contributed by atoms with van der Waals surface area (Å²) >= 11 is 0. The number of rotatable bonds is 4. The molecule has 0 fully saturated rings. The van der Waals surface area contributed by atoms with Gasteiger partial charge < -0.3 is 8.98 Å². The fourth-order valence-electron chi connectivity index (χ4n) is 8.53. The first-order chi connectivity index (χ1) is 27.3. The molecule has 8 aromatic carbocycles. The van der Waals surface area contributed by atoms with Crippen LogP contribution in [0.5, 0.6) is 0 Å². The number of furan rings is 1. The molecule has 6 nitrogen and oxygen atoms in total. The van der Waals surface area contributed by atoms with E-state index in [9.17, 15) is 0 Å². The van der Waals surface area contributed by atoms with Crippen LogP contribution >= 0.6 is 0 Å². The number of fused-ring (bicyclic) bond motifs is 10. The minimum atomic E-state index is 0.525. The van der Waals surface area contributed by atoms with Gasteiger partial charge >= 0.3 is 0 Å². The molecule has 12 aromatic rings. The quantitative estimate of drug-likeness (QED) is 0.183. The summed E-state index contributed by atoms with van der Waals surface area (Å²) in [6.45, 7) is 0. The van der Waals surface area contributed by atoms with Gasteiger partial charge in [-0.1, -0.05) is 127 Å². The highest BCUT2D eigenvalue weighted by Crippen LogP contribution is 2.43. The standard InChI is InChI=1S/C49H29N5O/c1-2-14-30(15-3-1)47-50-48(52-49(51-47)54-40-23-11-6-18-33(40)34-19-7-12-24-41(34)54)45-42(27-26-37-36-21-9-13-25-44(36)55-46(37)45)53-39-22-10-8-20-35(39)38-28-31-16-4-5-17-32(31)29-43(38)53/h1-29H. The Kier molecular flexibility index (Phi) is 6.24. The zero-order valence-corrected chi connectivity index (χ0v) is 29.4. The molecule has 0 aliphatic rings. The lowest BCUT2D eigenvalue weighted by Crippen LogP contribution is -2.08. The maximum absolute atomic E-state index is 6.87. The van der Waals surface area contributed by atoms with Gasteiger partial charge in [-0.25, -0.2) is 4.98 Å². The summed E-state index contributed by atoms with van der Waals surface area (Å²) in [4.78, 5) is 16.0. The molecule has 4 aromatic heterocycles. The molecule has 0 N–H and O–H groups in total. The minimum Gasteiger partial charge on any atom is -0.455 e. The SMILES string of the molecule is c1ccc(-c2nc(-c3c(-n4c5ccccc5c5cc6ccccc6cc54)ccc4c3oc3ccccc34)nc(-n3c4ccccc4c4ccccc43)n2)cc1. The highest BCUT2D eigenvalue weighted by atomic mass is 16.3. The molecule has 0 amide bonds. The maximum Gasteiger partial charge on any atom is 0.238 e. The van der Waals surface area contributed by atoms with Gasteiger partial charge in [0.25, 0.3) is 0 Å². The first-order valence-electron chi connectivity index (χ1n) is 18.5. The van der Waals surface area contributed by atoms with Gasteiger partial charge in [0.2, 0.25) is 5.95 Å². The predicted molar refractivity (Wildman–Crippen MR) is 224 cm³/mol. The second-order valence-corrected chi connectivity index (χ2v) is 14.0. The van der Waals surface area contributed by atoms with Gasteiger partial charge in [0, 0.05) is 37.9 Å². The molecule has 0 aliphatic heterocycles. The van der Waals surface area contributed by atoms with Crippen LogP contribution in [0.15, 0.2) is 180 Å². The highest BCUT2D eigenvalue weighted by molar-refractivity contribution is 6.16. The Morgan fingerprint density at radius 3 is 1.67 bits per heavy atom. The van der Waals surface area contributed by atoms with E-state index in [4.69, 9.17) is 19.4 Å². The Morgan fingerprint density at radius 1 is 0.382 bits per heavy atom. The average molecular weight is 704 g/mol. The van der Waals surface area contributed by atoms with Crippen LogP contribution in [0.4, 0.5) is 0 Å². The number of benzene rings is 8. The van der Waals surface area contributed by atoms with Gasteiger partial charge in [-0.3, -0.25) is 4.57 Å². The van der Waals surface area contributed by atoms with Crippen molar-refractivity contribution in [1.29, 1.82) is 0 Å². The lowest BCUT2D eigenvalue weighted by atomic mass is 10.0. The van der Waals surface area contributed by atoms with Gasteiger partial charge in [-0.15, -0.1) is 0 Å².